The van der Waals surface area contributed by atoms with E-state index in [1.807, 2.05) is 30.4 Å². The Bertz CT molecular complexity index is 1600. The molecule has 0 amide bonds. The minimum absolute atomic E-state index is 0.0220. The van der Waals surface area contributed by atoms with Gasteiger partial charge in [0.1, 0.15) is 43.2 Å². The summed E-state index contributed by atoms with van der Waals surface area (Å²) in [6.07, 6.45) is 29.9. The minimum atomic E-state index is -5.38. The van der Waals surface area contributed by atoms with Crippen molar-refractivity contribution < 1.29 is 82.0 Å². The number of carbonyl (C=O) groups excluding carboxylic acids is 2. The van der Waals surface area contributed by atoms with E-state index in [1.165, 1.54) is 19.3 Å². The highest BCUT2D eigenvalue weighted by atomic mass is 31.2. The van der Waals surface area contributed by atoms with Crippen molar-refractivity contribution in [3.05, 3.63) is 85.1 Å². The Morgan fingerprint density at radius 3 is 1.44 bits per heavy atom. The van der Waals surface area contributed by atoms with Crippen LogP contribution in [0, 0.1) is 0 Å². The van der Waals surface area contributed by atoms with Crippen LogP contribution in [-0.2, 0) is 41.8 Å². The van der Waals surface area contributed by atoms with Gasteiger partial charge in [-0.25, -0.2) is 9.13 Å². The Hall–Kier alpha value is -2.86. The van der Waals surface area contributed by atoms with Crippen molar-refractivity contribution in [1.29, 1.82) is 0 Å². The molecule has 0 aromatic heterocycles. The highest BCUT2D eigenvalue weighted by Gasteiger charge is 2.54. The summed E-state index contributed by atoms with van der Waals surface area (Å²) in [5.41, 5.74) is 0. The first kappa shape index (κ1) is 61.2. The fraction of sp³-hybridized carbons (Fsp3) is 0.660. The molecule has 1 aliphatic carbocycles. The molecule has 8 atom stereocenters. The predicted octanol–water partition coefficient (Wildman–Crippen LogP) is 7.59. The topological polar surface area (TPSA) is 276 Å². The maximum absolute atomic E-state index is 13.0. The maximum atomic E-state index is 13.0. The molecule has 1 rings (SSSR count). The zero-order valence-corrected chi connectivity index (χ0v) is 40.3. The summed E-state index contributed by atoms with van der Waals surface area (Å²) in [4.78, 5) is 54.2. The summed E-state index contributed by atoms with van der Waals surface area (Å²) >= 11 is 0. The lowest BCUT2D eigenvalue weighted by Gasteiger charge is -2.43. The van der Waals surface area contributed by atoms with Gasteiger partial charge in [0.2, 0.25) is 0 Å². The molecule has 66 heavy (non-hydrogen) atoms. The third-order valence-corrected chi connectivity index (χ3v) is 11.5. The van der Waals surface area contributed by atoms with E-state index in [0.717, 1.165) is 70.6 Å². The lowest BCUT2D eigenvalue weighted by molar-refractivity contribution is -0.216. The van der Waals surface area contributed by atoms with Gasteiger partial charge < -0.3 is 49.7 Å². The molecule has 8 N–H and O–H groups in total. The van der Waals surface area contributed by atoms with Crippen LogP contribution < -0.4 is 0 Å². The Kier molecular flexibility index (Phi) is 35.3. The number of hydrogen-bond acceptors (Lipinski definition) is 14. The maximum Gasteiger partial charge on any atom is 0.472 e. The summed E-state index contributed by atoms with van der Waals surface area (Å²) < 4.78 is 49.2. The second-order valence-corrected chi connectivity index (χ2v) is 18.4. The molecule has 0 aliphatic heterocycles. The van der Waals surface area contributed by atoms with Crippen molar-refractivity contribution in [2.75, 3.05) is 19.8 Å². The first-order chi connectivity index (χ1) is 31.6. The lowest BCUT2D eigenvalue weighted by atomic mass is 9.85. The molecular formula is C47H78O17P2. The van der Waals surface area contributed by atoms with E-state index in [2.05, 4.69) is 66.1 Å². The van der Waals surface area contributed by atoms with Crippen molar-refractivity contribution in [2.45, 2.75) is 178 Å². The number of carbonyl (C=O) groups is 2. The molecule has 5 unspecified atom stereocenters. The highest BCUT2D eigenvalue weighted by Crippen LogP contribution is 2.49. The zero-order valence-electron chi connectivity index (χ0n) is 38.5. The molecule has 19 heteroatoms. The van der Waals surface area contributed by atoms with Crippen LogP contribution in [0.15, 0.2) is 85.1 Å². The van der Waals surface area contributed by atoms with Crippen LogP contribution in [0.5, 0.6) is 0 Å². The number of aliphatic hydroxyl groups is 5. The van der Waals surface area contributed by atoms with E-state index in [9.17, 15) is 44.0 Å². The quantitative estimate of drug-likeness (QED) is 0.0128. The van der Waals surface area contributed by atoms with Gasteiger partial charge in [0.15, 0.2) is 6.10 Å². The molecule has 0 heterocycles. The van der Waals surface area contributed by atoms with Gasteiger partial charge in [0.05, 0.1) is 6.61 Å². The van der Waals surface area contributed by atoms with Crippen LogP contribution in [-0.4, -0.2) is 115 Å². The summed E-state index contributed by atoms with van der Waals surface area (Å²) in [5, 5.41) is 50.0. The normalized spacial score (nSPS) is 22.3. The fourth-order valence-electron chi connectivity index (χ4n) is 6.36. The molecule has 0 aromatic carbocycles. The number of phosphoric ester groups is 2. The van der Waals surface area contributed by atoms with Crippen molar-refractivity contribution in [2.24, 2.45) is 0 Å². The molecule has 0 saturated heterocycles. The SMILES string of the molecule is CCCCC/C=C\C/C=C\C/C=C\CCCCC(=O)O[C@H](COC(=O)CCC/C=C\C/C=C\C/C=C\C/C=C\CCCCCO)COP(=O)(O)O[C@H]1C(O)C(O)C(O)[C@@H](OP(=O)(O)O)C1O. The van der Waals surface area contributed by atoms with Crippen LogP contribution in [0.3, 0.4) is 0 Å². The Morgan fingerprint density at radius 2 is 0.955 bits per heavy atom. The van der Waals surface area contributed by atoms with E-state index in [-0.39, 0.29) is 19.4 Å². The van der Waals surface area contributed by atoms with Crippen molar-refractivity contribution in [1.82, 2.24) is 0 Å². The van der Waals surface area contributed by atoms with Crippen molar-refractivity contribution in [3.63, 3.8) is 0 Å². The number of esters is 2. The van der Waals surface area contributed by atoms with E-state index < -0.39 is 83.5 Å². The predicted molar refractivity (Wildman–Crippen MR) is 252 cm³/mol. The number of ether oxygens (including phenoxy) is 2. The zero-order chi connectivity index (χ0) is 48.9. The molecular weight excluding hydrogens is 898 g/mol. The third-order valence-electron chi connectivity index (χ3n) is 10.00. The average Bonchev–Trinajstić information content (AvgIpc) is 3.27. The number of unbranched alkanes of at least 4 members (excludes halogenated alkanes) is 9. The number of hydrogen-bond donors (Lipinski definition) is 8. The smallest absolute Gasteiger partial charge is 0.462 e. The van der Waals surface area contributed by atoms with Crippen LogP contribution >= 0.6 is 15.6 Å². The van der Waals surface area contributed by atoms with Gasteiger partial charge in [0, 0.05) is 19.4 Å². The van der Waals surface area contributed by atoms with E-state index in [4.69, 9.17) is 33.4 Å². The number of rotatable bonds is 38. The fourth-order valence-corrected chi connectivity index (χ4v) is 7.89. The van der Waals surface area contributed by atoms with Gasteiger partial charge in [-0.3, -0.25) is 23.2 Å². The second-order valence-electron chi connectivity index (χ2n) is 15.8. The number of allylic oxidation sites excluding steroid dienone is 14. The van der Waals surface area contributed by atoms with Gasteiger partial charge in [-0.1, -0.05) is 111 Å². The monoisotopic (exact) mass is 976 g/mol. The molecule has 378 valence electrons. The minimum Gasteiger partial charge on any atom is -0.462 e. The molecule has 1 aliphatic rings. The molecule has 1 fully saturated rings. The lowest BCUT2D eigenvalue weighted by Crippen LogP contribution is -2.64. The third kappa shape index (κ3) is 32.0. The molecule has 0 spiro atoms. The number of phosphoric acid groups is 2. The summed E-state index contributed by atoms with van der Waals surface area (Å²) in [7, 11) is -10.7. The second kappa shape index (κ2) is 38.0. The van der Waals surface area contributed by atoms with Gasteiger partial charge in [-0.2, -0.15) is 0 Å². The molecule has 0 bridgehead atoms. The molecule has 0 aromatic rings. The van der Waals surface area contributed by atoms with Crippen LogP contribution in [0.25, 0.3) is 0 Å². The molecule has 17 nitrogen and oxygen atoms in total. The van der Waals surface area contributed by atoms with Gasteiger partial charge in [-0.15, -0.1) is 0 Å². The van der Waals surface area contributed by atoms with Crippen LogP contribution in [0.1, 0.15) is 135 Å². The van der Waals surface area contributed by atoms with Crippen molar-refractivity contribution in [3.8, 4) is 0 Å². The van der Waals surface area contributed by atoms with E-state index in [1.54, 1.807) is 0 Å². The summed E-state index contributed by atoms with van der Waals surface area (Å²) in [6, 6.07) is 0. The van der Waals surface area contributed by atoms with E-state index >= 15 is 0 Å². The first-order valence-electron chi connectivity index (χ1n) is 23.2. The van der Waals surface area contributed by atoms with Gasteiger partial charge in [-0.05, 0) is 96.3 Å². The van der Waals surface area contributed by atoms with Crippen LogP contribution in [0.4, 0.5) is 0 Å². The van der Waals surface area contributed by atoms with Crippen molar-refractivity contribution >= 4 is 27.6 Å². The van der Waals surface area contributed by atoms with Crippen LogP contribution in [0.2, 0.25) is 0 Å². The molecule has 1 saturated carbocycles. The standard InChI is InChI=1S/C47H78O17P2/c1-2-3-4-5-6-7-8-9-13-17-20-23-26-29-32-35-41(50)62-39(38-61-66(58,59)64-47-44(53)42(51)43(52)46(45(47)54)63-65(55,56)57)37-60-40(49)34-31-28-25-22-19-16-14-11-10-12-15-18-21-24-27-30-33-36-48/h6-7,9-10,12-14,16,18,20-23,25,39,42-48,51-54H,2-5,8,11,15,17,19,24,26-38H2,1H3,(H,58,59)(H2,55,56,57)/b7-6-,12-10-,13-9-,16-14-,21-18-,23-20-,25-22-/t39-,42?,43?,44?,45?,46-,47+/m1/s1. The van der Waals surface area contributed by atoms with E-state index in [0.29, 0.717) is 25.7 Å². The number of aliphatic hydroxyl groups excluding tert-OH is 5. The molecule has 0 radical (unpaired) electrons. The Labute approximate surface area is 391 Å². The Balaban J connectivity index is 2.67. The highest BCUT2D eigenvalue weighted by molar-refractivity contribution is 7.47. The first-order valence-corrected chi connectivity index (χ1v) is 26.3. The van der Waals surface area contributed by atoms with Gasteiger partial charge >= 0.3 is 27.6 Å². The average molecular weight is 977 g/mol. The largest absolute Gasteiger partial charge is 0.472 e. The Morgan fingerprint density at radius 1 is 0.515 bits per heavy atom. The van der Waals surface area contributed by atoms with Gasteiger partial charge in [0.25, 0.3) is 0 Å². The summed E-state index contributed by atoms with van der Waals surface area (Å²) in [5.74, 6) is -1.34. The summed E-state index contributed by atoms with van der Waals surface area (Å²) in [6.45, 7) is 0.988.